The Morgan fingerprint density at radius 3 is 2.65 bits per heavy atom. The van der Waals surface area contributed by atoms with Gasteiger partial charge in [0, 0.05) is 22.9 Å². The molecule has 0 atom stereocenters. The SMILES string of the molecule is CC(C)(C)OC(=O)N1Cc2c(-c3cnn4ccccc34)ccc(-c3nc4c(C=O)cccc4[nH]3)c2C1=O. The molecule has 0 aliphatic carbocycles. The minimum absolute atomic E-state index is 0.0518. The summed E-state index contributed by atoms with van der Waals surface area (Å²) in [6, 6.07) is 14.8. The molecular formula is C28H23N5O4. The fourth-order valence-corrected chi connectivity index (χ4v) is 4.75. The van der Waals surface area contributed by atoms with E-state index in [1.165, 1.54) is 0 Å². The molecule has 0 fully saturated rings. The first-order valence-corrected chi connectivity index (χ1v) is 11.8. The van der Waals surface area contributed by atoms with Crippen molar-refractivity contribution < 1.29 is 19.1 Å². The number of imidazole rings is 1. The van der Waals surface area contributed by atoms with Crippen LogP contribution in [0.4, 0.5) is 4.79 Å². The van der Waals surface area contributed by atoms with E-state index in [9.17, 15) is 14.4 Å². The summed E-state index contributed by atoms with van der Waals surface area (Å²) in [5.74, 6) is -0.0278. The van der Waals surface area contributed by atoms with Gasteiger partial charge < -0.3 is 9.72 Å². The number of rotatable bonds is 3. The van der Waals surface area contributed by atoms with Crippen LogP contribution in [-0.2, 0) is 11.3 Å². The van der Waals surface area contributed by atoms with E-state index in [1.807, 2.05) is 42.6 Å². The van der Waals surface area contributed by atoms with Gasteiger partial charge in [0.1, 0.15) is 11.4 Å². The van der Waals surface area contributed by atoms with Gasteiger partial charge in [-0.05, 0) is 62.2 Å². The highest BCUT2D eigenvalue weighted by atomic mass is 16.6. The highest BCUT2D eigenvalue weighted by molar-refractivity contribution is 6.12. The molecule has 4 heterocycles. The number of pyridine rings is 1. The number of hydrogen-bond acceptors (Lipinski definition) is 6. The van der Waals surface area contributed by atoms with Crippen molar-refractivity contribution >= 4 is 34.8 Å². The largest absolute Gasteiger partial charge is 0.443 e. The Hall–Kier alpha value is -4.79. The number of benzene rings is 2. The molecule has 1 N–H and O–H groups in total. The minimum atomic E-state index is -0.760. The van der Waals surface area contributed by atoms with Crippen LogP contribution in [0.25, 0.3) is 39.1 Å². The van der Waals surface area contributed by atoms with Gasteiger partial charge >= 0.3 is 6.09 Å². The Kier molecular flexibility index (Phi) is 4.98. The minimum Gasteiger partial charge on any atom is -0.443 e. The van der Waals surface area contributed by atoms with Crippen LogP contribution in [-0.4, -0.2) is 48.4 Å². The maximum Gasteiger partial charge on any atom is 0.417 e. The zero-order valence-electron chi connectivity index (χ0n) is 20.5. The first-order valence-electron chi connectivity index (χ1n) is 11.8. The lowest BCUT2D eigenvalue weighted by atomic mass is 9.93. The third-order valence-corrected chi connectivity index (χ3v) is 6.34. The summed E-state index contributed by atoms with van der Waals surface area (Å²) in [5, 5.41) is 4.45. The molecule has 0 unspecified atom stereocenters. The quantitative estimate of drug-likeness (QED) is 0.344. The number of ether oxygens (including phenoxy) is 1. The smallest absolute Gasteiger partial charge is 0.417 e. The van der Waals surface area contributed by atoms with Gasteiger partial charge in [0.25, 0.3) is 5.91 Å². The highest BCUT2D eigenvalue weighted by Crippen LogP contribution is 2.40. The Morgan fingerprint density at radius 1 is 1.05 bits per heavy atom. The van der Waals surface area contributed by atoms with E-state index in [1.54, 1.807) is 43.6 Å². The number of carbonyl (C=O) groups excluding carboxylic acids is 3. The number of amides is 2. The van der Waals surface area contributed by atoms with Crippen molar-refractivity contribution in [2.24, 2.45) is 0 Å². The number of aldehydes is 1. The molecule has 1 aliphatic rings. The number of nitrogens with zero attached hydrogens (tertiary/aromatic N) is 4. The lowest BCUT2D eigenvalue weighted by Gasteiger charge is -2.23. The van der Waals surface area contributed by atoms with E-state index in [-0.39, 0.29) is 6.54 Å². The molecule has 0 saturated heterocycles. The average Bonchev–Trinajstić information content (AvgIpc) is 3.58. The summed E-state index contributed by atoms with van der Waals surface area (Å²) in [7, 11) is 0. The van der Waals surface area contributed by atoms with E-state index in [2.05, 4.69) is 15.1 Å². The standard InChI is InChI=1S/C28H23N5O4/c1-28(2,3)37-27(36)32-14-20-17(19-13-29-33-12-5-4-9-22(19)33)10-11-18(23(20)26(32)35)25-30-21-8-6-7-16(15-34)24(21)31-25/h4-13,15H,14H2,1-3H3,(H,30,31). The second-order valence-corrected chi connectivity index (χ2v) is 9.92. The van der Waals surface area contributed by atoms with E-state index < -0.39 is 17.6 Å². The summed E-state index contributed by atoms with van der Waals surface area (Å²) in [6.45, 7) is 5.32. The van der Waals surface area contributed by atoms with Gasteiger partial charge in [-0.15, -0.1) is 0 Å². The van der Waals surface area contributed by atoms with Crippen molar-refractivity contribution in [3.05, 3.63) is 77.6 Å². The van der Waals surface area contributed by atoms with Crippen LogP contribution in [0.2, 0.25) is 0 Å². The van der Waals surface area contributed by atoms with Crippen LogP contribution in [0.1, 0.15) is 47.1 Å². The predicted molar refractivity (Wildman–Crippen MR) is 137 cm³/mol. The zero-order valence-corrected chi connectivity index (χ0v) is 20.5. The van der Waals surface area contributed by atoms with Gasteiger partial charge in [0.05, 0.1) is 34.9 Å². The number of H-pyrrole nitrogens is 1. The summed E-state index contributed by atoms with van der Waals surface area (Å²) in [5.41, 5.74) is 4.98. The molecule has 0 bridgehead atoms. The number of para-hydroxylation sites is 1. The number of nitrogens with one attached hydrogen (secondary N) is 1. The van der Waals surface area contributed by atoms with Crippen molar-refractivity contribution in [1.29, 1.82) is 0 Å². The highest BCUT2D eigenvalue weighted by Gasteiger charge is 2.39. The molecular weight excluding hydrogens is 470 g/mol. The predicted octanol–water partition coefficient (Wildman–Crippen LogP) is 5.25. The molecule has 3 aromatic heterocycles. The second kappa shape index (κ2) is 8.12. The fourth-order valence-electron chi connectivity index (χ4n) is 4.75. The summed E-state index contributed by atoms with van der Waals surface area (Å²) >= 11 is 0. The first kappa shape index (κ1) is 22.7. The third kappa shape index (κ3) is 3.67. The molecule has 0 spiro atoms. The molecule has 6 rings (SSSR count). The molecule has 9 nitrogen and oxygen atoms in total. The molecule has 2 amide bonds. The van der Waals surface area contributed by atoms with E-state index >= 15 is 0 Å². The van der Waals surface area contributed by atoms with Crippen molar-refractivity contribution in [2.45, 2.75) is 32.9 Å². The molecule has 184 valence electrons. The van der Waals surface area contributed by atoms with Crippen LogP contribution in [0, 0.1) is 0 Å². The molecule has 9 heteroatoms. The lowest BCUT2D eigenvalue weighted by Crippen LogP contribution is -2.37. The Morgan fingerprint density at radius 2 is 1.86 bits per heavy atom. The Bertz CT molecular complexity index is 1740. The Labute approximate surface area is 211 Å². The van der Waals surface area contributed by atoms with Crippen molar-refractivity contribution in [2.75, 3.05) is 0 Å². The molecule has 37 heavy (non-hydrogen) atoms. The normalized spacial score (nSPS) is 13.4. The van der Waals surface area contributed by atoms with Gasteiger partial charge in [-0.3, -0.25) is 9.59 Å². The maximum atomic E-state index is 13.7. The van der Waals surface area contributed by atoms with Crippen molar-refractivity contribution in [1.82, 2.24) is 24.5 Å². The summed E-state index contributed by atoms with van der Waals surface area (Å²) < 4.78 is 7.30. The van der Waals surface area contributed by atoms with Crippen molar-refractivity contribution in [3.8, 4) is 22.5 Å². The fraction of sp³-hybridized carbons (Fsp3) is 0.179. The van der Waals surface area contributed by atoms with Crippen molar-refractivity contribution in [3.63, 3.8) is 0 Å². The number of aromatic nitrogens is 4. The third-order valence-electron chi connectivity index (χ3n) is 6.34. The number of imide groups is 1. The molecule has 5 aromatic rings. The number of carbonyl (C=O) groups is 3. The molecule has 2 aromatic carbocycles. The monoisotopic (exact) mass is 493 g/mol. The van der Waals surface area contributed by atoms with Gasteiger partial charge in [-0.25, -0.2) is 19.2 Å². The van der Waals surface area contributed by atoms with Gasteiger partial charge in [0.15, 0.2) is 6.29 Å². The van der Waals surface area contributed by atoms with Crippen LogP contribution in [0.5, 0.6) is 0 Å². The van der Waals surface area contributed by atoms with Crippen LogP contribution in [0.15, 0.2) is 60.9 Å². The maximum absolute atomic E-state index is 13.7. The number of fused-ring (bicyclic) bond motifs is 3. The molecule has 0 saturated carbocycles. The van der Waals surface area contributed by atoms with Crippen LogP contribution >= 0.6 is 0 Å². The van der Waals surface area contributed by atoms with E-state index in [0.29, 0.717) is 39.1 Å². The Balaban J connectivity index is 1.55. The lowest BCUT2D eigenvalue weighted by molar-refractivity contribution is 0.0248. The summed E-state index contributed by atoms with van der Waals surface area (Å²) in [4.78, 5) is 47.3. The molecule has 1 aliphatic heterocycles. The van der Waals surface area contributed by atoms with Gasteiger partial charge in [0.2, 0.25) is 0 Å². The molecule has 0 radical (unpaired) electrons. The van der Waals surface area contributed by atoms with Gasteiger partial charge in [-0.2, -0.15) is 5.10 Å². The van der Waals surface area contributed by atoms with Gasteiger partial charge in [-0.1, -0.05) is 18.2 Å². The number of hydrogen-bond donors (Lipinski definition) is 1. The number of aromatic amines is 1. The van der Waals surface area contributed by atoms with E-state index in [0.717, 1.165) is 27.8 Å². The van der Waals surface area contributed by atoms with E-state index in [4.69, 9.17) is 4.74 Å². The second-order valence-electron chi connectivity index (χ2n) is 9.92. The van der Waals surface area contributed by atoms with Crippen LogP contribution in [0.3, 0.4) is 0 Å². The average molecular weight is 494 g/mol. The van der Waals surface area contributed by atoms with Crippen LogP contribution < -0.4 is 0 Å². The summed E-state index contributed by atoms with van der Waals surface area (Å²) in [6.07, 6.45) is 3.65. The topological polar surface area (TPSA) is 110 Å². The zero-order chi connectivity index (χ0) is 25.9. The first-order chi connectivity index (χ1) is 17.7.